The summed E-state index contributed by atoms with van der Waals surface area (Å²) in [5.41, 5.74) is 7.68. The molecule has 0 bridgehead atoms. The van der Waals surface area contributed by atoms with E-state index in [0.29, 0.717) is 54.3 Å². The monoisotopic (exact) mass is 463 g/mol. The molecule has 33 heavy (non-hydrogen) atoms. The first-order valence-electron chi connectivity index (χ1n) is 11.1. The number of hydrogen-bond donors (Lipinski definition) is 3. The van der Waals surface area contributed by atoms with Crippen LogP contribution in [0.4, 0.5) is 0 Å². The predicted molar refractivity (Wildman–Crippen MR) is 132 cm³/mol. The molecule has 4 N–H and O–H groups in total. The van der Waals surface area contributed by atoms with Crippen LogP contribution in [0.15, 0.2) is 66.0 Å². The van der Waals surface area contributed by atoms with Crippen LogP contribution >= 0.6 is 12.2 Å². The van der Waals surface area contributed by atoms with E-state index in [2.05, 4.69) is 4.98 Å². The summed E-state index contributed by atoms with van der Waals surface area (Å²) in [6.45, 7) is 2.83. The fourth-order valence-corrected chi connectivity index (χ4v) is 5.23. The zero-order valence-electron chi connectivity index (χ0n) is 18.6. The molecule has 4 rings (SSSR count). The minimum absolute atomic E-state index is 0.0664. The van der Waals surface area contributed by atoms with Crippen LogP contribution in [0.25, 0.3) is 0 Å². The molecule has 0 spiro atoms. The standard InChI is InChI=1S/C25H29N5O2S/c1-17-15-20(27)19(16-26)24(33)30(17)22(18-7-3-2-4-8-18)23(31)29-13-10-25(32,11-14-29)21-9-5-6-12-28-21/h2-9,12,16-17,22,26,32H,10-11,13-15,27H2,1H3. The molecule has 8 heteroatoms. The van der Waals surface area contributed by atoms with Gasteiger partial charge in [0, 0.05) is 49.2 Å². The fraction of sp³-hybridized carbons (Fsp3) is 0.360. The molecule has 2 unspecified atom stereocenters. The SMILES string of the molecule is CC1CC(N)=C(C=N)C(=S)N1C(C(=O)N1CCC(O)(c2ccccn2)CC1)c1ccccc1. The number of aromatic nitrogens is 1. The number of aliphatic hydroxyl groups is 1. The molecule has 2 aliphatic heterocycles. The van der Waals surface area contributed by atoms with Gasteiger partial charge in [-0.05, 0) is 37.5 Å². The predicted octanol–water partition coefficient (Wildman–Crippen LogP) is 2.92. The molecule has 2 aliphatic rings. The first kappa shape index (κ1) is 23.1. The fourth-order valence-electron chi connectivity index (χ4n) is 4.75. The van der Waals surface area contributed by atoms with Crippen LogP contribution in [-0.4, -0.2) is 56.1 Å². The number of rotatable bonds is 5. The molecule has 1 fully saturated rings. The smallest absolute Gasteiger partial charge is 0.249 e. The summed E-state index contributed by atoms with van der Waals surface area (Å²) in [7, 11) is 0. The number of nitrogens with two attached hydrogens (primary N) is 1. The van der Waals surface area contributed by atoms with Crippen LogP contribution in [-0.2, 0) is 10.4 Å². The van der Waals surface area contributed by atoms with Crippen molar-refractivity contribution in [3.63, 3.8) is 0 Å². The topological polar surface area (TPSA) is 107 Å². The largest absolute Gasteiger partial charge is 0.401 e. The summed E-state index contributed by atoms with van der Waals surface area (Å²) < 4.78 is 0. The number of piperidine rings is 1. The van der Waals surface area contributed by atoms with Gasteiger partial charge in [-0.3, -0.25) is 9.78 Å². The summed E-state index contributed by atoms with van der Waals surface area (Å²) in [5.74, 6) is -0.0664. The Bertz CT molecular complexity index is 1060. The van der Waals surface area contributed by atoms with Crippen molar-refractivity contribution in [2.24, 2.45) is 5.73 Å². The van der Waals surface area contributed by atoms with Gasteiger partial charge in [0.2, 0.25) is 5.91 Å². The molecule has 1 amide bonds. The van der Waals surface area contributed by atoms with Crippen molar-refractivity contribution in [3.05, 3.63) is 77.3 Å². The highest BCUT2D eigenvalue weighted by Crippen LogP contribution is 2.36. The Morgan fingerprint density at radius 2 is 1.91 bits per heavy atom. The number of nitrogens with one attached hydrogen (secondary N) is 1. The lowest BCUT2D eigenvalue weighted by Gasteiger charge is -2.45. The van der Waals surface area contributed by atoms with E-state index in [1.807, 2.05) is 60.4 Å². The van der Waals surface area contributed by atoms with E-state index in [1.165, 1.54) is 6.21 Å². The third-order valence-electron chi connectivity index (χ3n) is 6.62. The second-order valence-electron chi connectivity index (χ2n) is 8.73. The molecule has 1 aromatic heterocycles. The molecule has 172 valence electrons. The van der Waals surface area contributed by atoms with E-state index in [0.717, 1.165) is 5.56 Å². The van der Waals surface area contributed by atoms with Gasteiger partial charge in [0.15, 0.2) is 0 Å². The number of hydrogen-bond acceptors (Lipinski definition) is 6. The zero-order chi connectivity index (χ0) is 23.6. The Hall–Kier alpha value is -3.10. The number of nitrogens with zero attached hydrogens (tertiary/aromatic N) is 3. The Morgan fingerprint density at radius 1 is 1.24 bits per heavy atom. The maximum absolute atomic E-state index is 13.9. The molecular weight excluding hydrogens is 434 g/mol. The third-order valence-corrected chi connectivity index (χ3v) is 7.05. The Balaban J connectivity index is 1.62. The Morgan fingerprint density at radius 3 is 2.52 bits per heavy atom. The number of carbonyl (C=O) groups is 1. The average Bonchev–Trinajstić information content (AvgIpc) is 2.83. The van der Waals surface area contributed by atoms with Gasteiger partial charge in [-0.25, -0.2) is 0 Å². The molecular formula is C25H29N5O2S. The van der Waals surface area contributed by atoms with E-state index >= 15 is 0 Å². The number of thiocarbonyl (C=S) groups is 1. The Labute approximate surface area is 199 Å². The van der Waals surface area contributed by atoms with Crippen LogP contribution < -0.4 is 5.73 Å². The van der Waals surface area contributed by atoms with E-state index in [9.17, 15) is 9.90 Å². The molecule has 1 saturated heterocycles. The van der Waals surface area contributed by atoms with Crippen molar-refractivity contribution in [2.75, 3.05) is 13.1 Å². The van der Waals surface area contributed by atoms with Crippen LogP contribution in [0.5, 0.6) is 0 Å². The van der Waals surface area contributed by atoms with Crippen molar-refractivity contribution >= 4 is 29.3 Å². The highest BCUT2D eigenvalue weighted by Gasteiger charge is 2.42. The van der Waals surface area contributed by atoms with E-state index in [-0.39, 0.29) is 11.9 Å². The number of carbonyl (C=O) groups excluding carboxylic acids is 1. The first-order valence-corrected chi connectivity index (χ1v) is 11.6. The molecule has 0 radical (unpaired) electrons. The summed E-state index contributed by atoms with van der Waals surface area (Å²) in [6, 6.07) is 14.4. The number of likely N-dealkylation sites (tertiary alicyclic amines) is 1. The molecule has 0 aliphatic carbocycles. The first-order chi connectivity index (χ1) is 15.9. The minimum atomic E-state index is -1.04. The summed E-state index contributed by atoms with van der Waals surface area (Å²) in [5, 5.41) is 18.9. The van der Waals surface area contributed by atoms with Gasteiger partial charge in [0.1, 0.15) is 16.6 Å². The lowest BCUT2D eigenvalue weighted by atomic mass is 9.87. The molecule has 1 aromatic carbocycles. The zero-order valence-corrected chi connectivity index (χ0v) is 19.5. The average molecular weight is 464 g/mol. The van der Waals surface area contributed by atoms with Gasteiger partial charge in [-0.2, -0.15) is 0 Å². The Kier molecular flexibility index (Phi) is 6.58. The summed E-state index contributed by atoms with van der Waals surface area (Å²) in [6.07, 6.45) is 4.21. The van der Waals surface area contributed by atoms with Gasteiger partial charge in [0.05, 0.1) is 5.69 Å². The van der Waals surface area contributed by atoms with Crippen molar-refractivity contribution in [3.8, 4) is 0 Å². The van der Waals surface area contributed by atoms with Crippen molar-refractivity contribution in [2.45, 2.75) is 43.9 Å². The van der Waals surface area contributed by atoms with E-state index in [1.54, 1.807) is 11.1 Å². The highest BCUT2D eigenvalue weighted by atomic mass is 32.1. The van der Waals surface area contributed by atoms with Gasteiger partial charge < -0.3 is 26.0 Å². The van der Waals surface area contributed by atoms with Gasteiger partial charge in [-0.1, -0.05) is 48.6 Å². The second-order valence-corrected chi connectivity index (χ2v) is 9.12. The lowest BCUT2D eigenvalue weighted by molar-refractivity contribution is -0.141. The molecule has 3 heterocycles. The van der Waals surface area contributed by atoms with Crippen molar-refractivity contribution in [1.29, 1.82) is 5.41 Å². The molecule has 7 nitrogen and oxygen atoms in total. The normalized spacial score (nSPS) is 21.6. The highest BCUT2D eigenvalue weighted by molar-refractivity contribution is 7.80. The van der Waals surface area contributed by atoms with Gasteiger partial charge >= 0.3 is 0 Å². The van der Waals surface area contributed by atoms with Crippen molar-refractivity contribution in [1.82, 2.24) is 14.8 Å². The quantitative estimate of drug-likeness (QED) is 0.465. The van der Waals surface area contributed by atoms with Crippen LogP contribution in [0.2, 0.25) is 0 Å². The molecule has 0 saturated carbocycles. The van der Waals surface area contributed by atoms with E-state index in [4.69, 9.17) is 23.4 Å². The lowest BCUT2D eigenvalue weighted by Crippen LogP contribution is -2.54. The maximum Gasteiger partial charge on any atom is 0.249 e. The number of amides is 1. The van der Waals surface area contributed by atoms with Gasteiger partial charge in [-0.15, -0.1) is 0 Å². The van der Waals surface area contributed by atoms with E-state index < -0.39 is 11.6 Å². The molecule has 2 atom stereocenters. The number of benzene rings is 1. The van der Waals surface area contributed by atoms with Crippen LogP contribution in [0.1, 0.15) is 43.5 Å². The minimum Gasteiger partial charge on any atom is -0.401 e. The van der Waals surface area contributed by atoms with Gasteiger partial charge in [0.25, 0.3) is 0 Å². The van der Waals surface area contributed by atoms with Crippen LogP contribution in [0.3, 0.4) is 0 Å². The molecule has 2 aromatic rings. The second kappa shape index (κ2) is 9.41. The van der Waals surface area contributed by atoms with Crippen molar-refractivity contribution < 1.29 is 9.90 Å². The van der Waals surface area contributed by atoms with Crippen LogP contribution in [0, 0.1) is 5.41 Å². The summed E-state index contributed by atoms with van der Waals surface area (Å²) >= 11 is 5.72. The maximum atomic E-state index is 13.9. The number of pyridine rings is 1. The summed E-state index contributed by atoms with van der Waals surface area (Å²) in [4.78, 5) is 22.4. The third kappa shape index (κ3) is 4.41.